The monoisotopic (exact) mass is 408 g/mol. The average Bonchev–Trinajstić information content (AvgIpc) is 2.71. The average molecular weight is 407 g/mol. The number of cyclic esters (lactones) is 1. The van der Waals surface area contributed by atoms with Crippen molar-refractivity contribution in [2.45, 2.75) is 23.3 Å². The number of hydrogen-bond donors (Lipinski definition) is 0. The predicted molar refractivity (Wildman–Crippen MR) is 105 cm³/mol. The molecule has 0 bridgehead atoms. The van der Waals surface area contributed by atoms with Crippen molar-refractivity contribution >= 4 is 25.4 Å². The van der Waals surface area contributed by atoms with E-state index < -0.39 is 0 Å². The van der Waals surface area contributed by atoms with Gasteiger partial charge in [0.1, 0.15) is 0 Å². The van der Waals surface area contributed by atoms with E-state index in [9.17, 15) is 4.79 Å². The molecule has 0 unspecified atom stereocenters. The van der Waals surface area contributed by atoms with E-state index in [0.717, 1.165) is 12.0 Å². The third-order valence-electron chi connectivity index (χ3n) is 4.73. The van der Waals surface area contributed by atoms with Crippen molar-refractivity contribution in [1.82, 2.24) is 0 Å². The van der Waals surface area contributed by atoms with Crippen LogP contribution in [-0.2, 0) is 9.53 Å². The summed E-state index contributed by atoms with van der Waals surface area (Å²) in [6.45, 7) is 0. The summed E-state index contributed by atoms with van der Waals surface area (Å²) in [6, 6.07) is 30.8. The van der Waals surface area contributed by atoms with E-state index in [1.807, 2.05) is 54.6 Å². The third-order valence-corrected chi connectivity index (χ3v) is 7.50. The molecule has 1 aliphatic heterocycles. The van der Waals surface area contributed by atoms with Crippen LogP contribution >= 0.6 is 0 Å². The maximum atomic E-state index is 13.0. The van der Waals surface area contributed by atoms with E-state index in [1.54, 1.807) is 0 Å². The van der Waals surface area contributed by atoms with Gasteiger partial charge < -0.3 is 0 Å². The number of hydrogen-bond acceptors (Lipinski definition) is 2. The van der Waals surface area contributed by atoms with Crippen molar-refractivity contribution < 1.29 is 9.53 Å². The Kier molecular flexibility index (Phi) is 5.19. The summed E-state index contributed by atoms with van der Waals surface area (Å²) in [4.78, 5) is 12.9. The first-order chi connectivity index (χ1) is 12.8. The van der Waals surface area contributed by atoms with Gasteiger partial charge in [0, 0.05) is 0 Å². The van der Waals surface area contributed by atoms with Crippen molar-refractivity contribution in [3.63, 3.8) is 0 Å². The molecule has 3 heteroatoms. The quantitative estimate of drug-likeness (QED) is 0.477. The first-order valence-corrected chi connectivity index (χ1v) is 10.7. The predicted octanol–water partition coefficient (Wildman–Crippen LogP) is 4.28. The van der Waals surface area contributed by atoms with Gasteiger partial charge in [-0.3, -0.25) is 0 Å². The van der Waals surface area contributed by atoms with Gasteiger partial charge >= 0.3 is 160 Å². The maximum absolute atomic E-state index is 13.0. The fraction of sp³-hybridized carbons (Fsp3) is 0.174. The van der Waals surface area contributed by atoms with E-state index in [1.165, 1.54) is 10.0 Å². The molecule has 0 aliphatic carbocycles. The molecule has 130 valence electrons. The van der Waals surface area contributed by atoms with E-state index in [4.69, 9.17) is 4.74 Å². The zero-order valence-corrected chi connectivity index (χ0v) is 16.0. The molecule has 3 atom stereocenters. The molecule has 0 aromatic heterocycles. The van der Waals surface area contributed by atoms with Crippen molar-refractivity contribution in [2.24, 2.45) is 0 Å². The van der Waals surface area contributed by atoms with Crippen LogP contribution in [-0.4, -0.2) is 20.9 Å². The van der Waals surface area contributed by atoms with Crippen LogP contribution in [0.3, 0.4) is 0 Å². The van der Waals surface area contributed by atoms with E-state index in [0.29, 0.717) is 0 Å². The van der Waals surface area contributed by atoms with Gasteiger partial charge in [0.2, 0.25) is 0 Å². The Hall–Kier alpha value is -2.35. The summed E-state index contributed by atoms with van der Waals surface area (Å²) >= 11 is 0.0422. The Morgan fingerprint density at radius 3 is 1.88 bits per heavy atom. The van der Waals surface area contributed by atoms with Crippen molar-refractivity contribution in [3.05, 3.63) is 102 Å². The summed E-state index contributed by atoms with van der Waals surface area (Å²) in [5.41, 5.74) is 2.31. The topological polar surface area (TPSA) is 26.3 Å². The number of rotatable bonds is 4. The van der Waals surface area contributed by atoms with Crippen molar-refractivity contribution in [3.8, 4) is 0 Å². The van der Waals surface area contributed by atoms with Gasteiger partial charge in [-0.25, -0.2) is 0 Å². The molecule has 0 radical (unpaired) electrons. The fourth-order valence-corrected chi connectivity index (χ4v) is 5.93. The van der Waals surface area contributed by atoms with Crippen LogP contribution in [0.1, 0.15) is 29.6 Å². The molecule has 26 heavy (non-hydrogen) atoms. The number of carbonyl (C=O) groups is 1. The van der Waals surface area contributed by atoms with Crippen molar-refractivity contribution in [2.75, 3.05) is 0 Å². The molecule has 0 saturated carbocycles. The third kappa shape index (κ3) is 3.74. The van der Waals surface area contributed by atoms with E-state index in [2.05, 4.69) is 36.4 Å². The van der Waals surface area contributed by atoms with Crippen LogP contribution in [0.2, 0.25) is 4.82 Å². The Morgan fingerprint density at radius 2 is 1.27 bits per heavy atom. The molecule has 1 saturated heterocycles. The van der Waals surface area contributed by atoms with Crippen LogP contribution < -0.4 is 4.46 Å². The van der Waals surface area contributed by atoms with Gasteiger partial charge in [-0.2, -0.15) is 0 Å². The molecule has 1 fully saturated rings. The summed E-state index contributed by atoms with van der Waals surface area (Å²) in [5, 5.41) is 0. The van der Waals surface area contributed by atoms with Crippen LogP contribution in [0.15, 0.2) is 91.0 Å². The molecule has 0 N–H and O–H groups in total. The molecule has 0 spiro atoms. The normalized spacial score (nSPS) is 22.6. The Morgan fingerprint density at radius 1 is 0.731 bits per heavy atom. The van der Waals surface area contributed by atoms with Gasteiger partial charge in [-0.05, 0) is 0 Å². The minimum atomic E-state index is -0.170. The molecular formula is C23H20O2Se. The summed E-state index contributed by atoms with van der Waals surface area (Å²) in [7, 11) is 0. The molecule has 1 aliphatic rings. The molecule has 4 rings (SSSR count). The first kappa shape index (κ1) is 17.1. The van der Waals surface area contributed by atoms with E-state index >= 15 is 0 Å². The molecular weight excluding hydrogens is 387 g/mol. The summed E-state index contributed by atoms with van der Waals surface area (Å²) < 4.78 is 7.12. The first-order valence-electron chi connectivity index (χ1n) is 8.83. The molecule has 1 heterocycles. The second-order valence-corrected chi connectivity index (χ2v) is 8.99. The van der Waals surface area contributed by atoms with Gasteiger partial charge in [0.25, 0.3) is 0 Å². The number of carbonyl (C=O) groups excluding carboxylic acids is 1. The fourth-order valence-electron chi connectivity index (χ4n) is 3.43. The number of benzene rings is 3. The number of esters is 1. The van der Waals surface area contributed by atoms with Crippen LogP contribution in [0, 0.1) is 0 Å². The standard InChI is InChI=1S/C23H20O2Se/c24-23-22(26-19-14-8-3-9-15-19)20(17-10-4-1-5-11-17)16-21(25-23)18-12-6-2-7-13-18/h1-15,20-22H,16H2/t20-,21-,22-/m0/s1. The van der Waals surface area contributed by atoms with Gasteiger partial charge in [0.05, 0.1) is 0 Å². The van der Waals surface area contributed by atoms with Crippen LogP contribution in [0.25, 0.3) is 0 Å². The van der Waals surface area contributed by atoms with Gasteiger partial charge in [-0.15, -0.1) is 0 Å². The Balaban J connectivity index is 1.65. The molecule has 3 aromatic rings. The van der Waals surface area contributed by atoms with Crippen molar-refractivity contribution in [1.29, 1.82) is 0 Å². The number of ether oxygens (including phenoxy) is 1. The van der Waals surface area contributed by atoms with Crippen LogP contribution in [0.4, 0.5) is 0 Å². The second-order valence-electron chi connectivity index (χ2n) is 6.44. The minimum absolute atomic E-state index is 0.0422. The second kappa shape index (κ2) is 7.90. The van der Waals surface area contributed by atoms with Gasteiger partial charge in [-0.1, -0.05) is 0 Å². The SMILES string of the molecule is O=C1O[C@H](c2ccccc2)C[C@@H](c2ccccc2)[C@@H]1[Se]c1ccccc1. The zero-order valence-electron chi connectivity index (χ0n) is 14.3. The van der Waals surface area contributed by atoms with Gasteiger partial charge in [0.15, 0.2) is 0 Å². The van der Waals surface area contributed by atoms with E-state index in [-0.39, 0.29) is 37.8 Å². The molecule has 2 nitrogen and oxygen atoms in total. The molecule has 0 amide bonds. The summed E-state index contributed by atoms with van der Waals surface area (Å²) in [6.07, 6.45) is 0.663. The summed E-state index contributed by atoms with van der Waals surface area (Å²) in [5.74, 6) is 0.116. The molecule has 3 aromatic carbocycles. The Labute approximate surface area is 160 Å². The Bertz CT molecular complexity index is 849. The van der Waals surface area contributed by atoms with Crippen LogP contribution in [0.5, 0.6) is 0 Å². The zero-order chi connectivity index (χ0) is 17.8.